The van der Waals surface area contributed by atoms with Crippen LogP contribution in [0.5, 0.6) is 11.5 Å². The number of hydrogen-bond donors (Lipinski definition) is 2. The number of hydrogen-bond acceptors (Lipinski definition) is 6. The van der Waals surface area contributed by atoms with Gasteiger partial charge in [0, 0.05) is 16.0 Å². The number of aromatic hydroxyl groups is 1. The van der Waals surface area contributed by atoms with Crippen molar-refractivity contribution in [3.63, 3.8) is 0 Å². The number of ether oxygens (including phenoxy) is 1. The summed E-state index contributed by atoms with van der Waals surface area (Å²) in [5, 5.41) is 14.7. The summed E-state index contributed by atoms with van der Waals surface area (Å²) in [6.45, 7) is 3.98. The van der Waals surface area contributed by atoms with E-state index >= 15 is 0 Å². The number of rotatable bonds is 6. The maximum absolute atomic E-state index is 12.1. The summed E-state index contributed by atoms with van der Waals surface area (Å²) in [5.41, 5.74) is 6.15. The number of pyridine rings is 1. The summed E-state index contributed by atoms with van der Waals surface area (Å²) < 4.78 is 4.99. The molecule has 2 N–H and O–H groups in total. The van der Waals surface area contributed by atoms with Gasteiger partial charge in [0.05, 0.1) is 24.6 Å². The largest absolute Gasteiger partial charge is 0.504 e. The number of phenols is 1. The standard InChI is InChI=1S/C21H21N3O3S/c1-13-5-4-6-16-19(9-14(2)23-21(13)16)28-12-20(26)24-22-11-15-7-8-18(27-3)17(25)10-15/h4-11,25H,12H2,1-3H3,(H,24,26)/b22-11-. The van der Waals surface area contributed by atoms with Crippen molar-refractivity contribution in [2.24, 2.45) is 5.10 Å². The van der Waals surface area contributed by atoms with Crippen molar-refractivity contribution >= 4 is 34.8 Å². The van der Waals surface area contributed by atoms with Gasteiger partial charge in [0.1, 0.15) is 0 Å². The Hall–Kier alpha value is -3.06. The van der Waals surface area contributed by atoms with E-state index in [4.69, 9.17) is 4.74 Å². The van der Waals surface area contributed by atoms with Gasteiger partial charge >= 0.3 is 0 Å². The monoisotopic (exact) mass is 395 g/mol. The van der Waals surface area contributed by atoms with Crippen LogP contribution >= 0.6 is 11.8 Å². The Labute approximate surface area is 167 Å². The molecule has 0 spiro atoms. The van der Waals surface area contributed by atoms with E-state index in [1.807, 2.05) is 38.1 Å². The third-order valence-corrected chi connectivity index (χ3v) is 5.15. The molecule has 6 nitrogen and oxygen atoms in total. The van der Waals surface area contributed by atoms with Crippen molar-refractivity contribution in [2.45, 2.75) is 18.7 Å². The van der Waals surface area contributed by atoms with Gasteiger partial charge in [0.2, 0.25) is 5.91 Å². The van der Waals surface area contributed by atoms with Crippen LogP contribution in [0.15, 0.2) is 52.5 Å². The van der Waals surface area contributed by atoms with Gasteiger partial charge in [-0.15, -0.1) is 11.8 Å². The van der Waals surface area contributed by atoms with Crippen LogP contribution < -0.4 is 10.2 Å². The Balaban J connectivity index is 1.63. The number of phenolic OH excluding ortho intramolecular Hbond substituents is 1. The molecular weight excluding hydrogens is 374 g/mol. The molecule has 0 unspecified atom stereocenters. The van der Waals surface area contributed by atoms with Crippen molar-refractivity contribution in [1.82, 2.24) is 10.4 Å². The third kappa shape index (κ3) is 4.61. The zero-order chi connectivity index (χ0) is 20.1. The fourth-order valence-corrected chi connectivity index (χ4v) is 3.67. The number of benzene rings is 2. The number of hydrazone groups is 1. The van der Waals surface area contributed by atoms with E-state index in [9.17, 15) is 9.90 Å². The molecule has 0 aliphatic heterocycles. The van der Waals surface area contributed by atoms with Gasteiger partial charge in [0.15, 0.2) is 11.5 Å². The van der Waals surface area contributed by atoms with Crippen LogP contribution in [0.3, 0.4) is 0 Å². The highest BCUT2D eigenvalue weighted by molar-refractivity contribution is 8.00. The number of amides is 1. The highest BCUT2D eigenvalue weighted by atomic mass is 32.2. The molecule has 2 aromatic carbocycles. The lowest BCUT2D eigenvalue weighted by Crippen LogP contribution is -2.19. The SMILES string of the molecule is COc1ccc(/C=N\NC(=O)CSc2cc(C)nc3c(C)cccc23)cc1O. The van der Waals surface area contributed by atoms with Gasteiger partial charge < -0.3 is 9.84 Å². The Morgan fingerprint density at radius 1 is 1.29 bits per heavy atom. The number of nitrogens with one attached hydrogen (secondary N) is 1. The van der Waals surface area contributed by atoms with Crippen LogP contribution in [0, 0.1) is 13.8 Å². The molecule has 3 aromatic rings. The summed E-state index contributed by atoms with van der Waals surface area (Å²) in [6.07, 6.45) is 1.47. The first-order valence-corrected chi connectivity index (χ1v) is 9.65. The van der Waals surface area contributed by atoms with Crippen LogP contribution in [0.1, 0.15) is 16.8 Å². The van der Waals surface area contributed by atoms with E-state index in [0.29, 0.717) is 11.3 Å². The van der Waals surface area contributed by atoms with Crippen molar-refractivity contribution < 1.29 is 14.6 Å². The molecule has 0 bridgehead atoms. The molecule has 0 aliphatic carbocycles. The van der Waals surface area contributed by atoms with E-state index in [1.54, 1.807) is 12.1 Å². The van der Waals surface area contributed by atoms with Gasteiger partial charge in [-0.05, 0) is 49.2 Å². The second kappa shape index (κ2) is 8.75. The molecule has 0 saturated carbocycles. The predicted octanol–water partition coefficient (Wildman–Crippen LogP) is 3.81. The molecule has 1 amide bonds. The van der Waals surface area contributed by atoms with Crippen LogP contribution in [-0.4, -0.2) is 35.1 Å². The molecule has 0 saturated heterocycles. The molecule has 3 rings (SSSR count). The minimum atomic E-state index is -0.214. The van der Waals surface area contributed by atoms with E-state index in [2.05, 4.69) is 15.5 Å². The number of carbonyl (C=O) groups is 1. The van der Waals surface area contributed by atoms with Crippen molar-refractivity contribution in [3.8, 4) is 11.5 Å². The van der Waals surface area contributed by atoms with E-state index in [0.717, 1.165) is 27.1 Å². The number of carbonyl (C=O) groups excluding carboxylic acids is 1. The first-order chi connectivity index (χ1) is 13.5. The summed E-state index contributed by atoms with van der Waals surface area (Å²) >= 11 is 1.45. The zero-order valence-corrected chi connectivity index (χ0v) is 16.7. The minimum Gasteiger partial charge on any atom is -0.504 e. The Kier molecular flexibility index (Phi) is 6.16. The fourth-order valence-electron chi connectivity index (χ4n) is 2.74. The maximum atomic E-state index is 12.1. The second-order valence-corrected chi connectivity index (χ2v) is 7.26. The molecule has 144 valence electrons. The van der Waals surface area contributed by atoms with Gasteiger partial charge in [-0.3, -0.25) is 9.78 Å². The maximum Gasteiger partial charge on any atom is 0.250 e. The minimum absolute atomic E-state index is 0.0172. The lowest BCUT2D eigenvalue weighted by atomic mass is 10.1. The second-order valence-electron chi connectivity index (χ2n) is 6.25. The van der Waals surface area contributed by atoms with Crippen molar-refractivity contribution in [2.75, 3.05) is 12.9 Å². The summed E-state index contributed by atoms with van der Waals surface area (Å²) in [4.78, 5) is 17.7. The Morgan fingerprint density at radius 2 is 2.11 bits per heavy atom. The normalized spacial score (nSPS) is 11.1. The van der Waals surface area contributed by atoms with E-state index < -0.39 is 0 Å². The highest BCUT2D eigenvalue weighted by Gasteiger charge is 2.09. The molecule has 0 aliphatic rings. The quantitative estimate of drug-likeness (QED) is 0.377. The first kappa shape index (κ1) is 19.7. The first-order valence-electron chi connectivity index (χ1n) is 8.66. The molecule has 7 heteroatoms. The summed E-state index contributed by atoms with van der Waals surface area (Å²) in [7, 11) is 1.48. The number of aryl methyl sites for hydroxylation is 2. The summed E-state index contributed by atoms with van der Waals surface area (Å²) in [6, 6.07) is 12.9. The van der Waals surface area contributed by atoms with Crippen LogP contribution in [0.4, 0.5) is 0 Å². The average molecular weight is 395 g/mol. The van der Waals surface area contributed by atoms with Crippen molar-refractivity contribution in [3.05, 3.63) is 59.3 Å². The molecule has 28 heavy (non-hydrogen) atoms. The lowest BCUT2D eigenvalue weighted by molar-refractivity contribution is -0.118. The Bertz CT molecular complexity index is 1050. The fraction of sp³-hybridized carbons (Fsp3) is 0.190. The molecular formula is C21H21N3O3S. The number of nitrogens with zero attached hydrogens (tertiary/aromatic N) is 2. The van der Waals surface area contributed by atoms with Gasteiger partial charge in [-0.25, -0.2) is 5.43 Å². The number of aromatic nitrogens is 1. The highest BCUT2D eigenvalue weighted by Crippen LogP contribution is 2.29. The van der Waals surface area contributed by atoms with Gasteiger partial charge in [0.25, 0.3) is 0 Å². The number of methoxy groups -OCH3 is 1. The molecule has 1 aromatic heterocycles. The lowest BCUT2D eigenvalue weighted by Gasteiger charge is -2.09. The molecule has 0 radical (unpaired) electrons. The van der Waals surface area contributed by atoms with Crippen molar-refractivity contribution in [1.29, 1.82) is 0 Å². The number of thioether (sulfide) groups is 1. The van der Waals surface area contributed by atoms with Crippen LogP contribution in [0.2, 0.25) is 0 Å². The molecule has 0 fully saturated rings. The van der Waals surface area contributed by atoms with Gasteiger partial charge in [-0.1, -0.05) is 18.2 Å². The van der Waals surface area contributed by atoms with Crippen LogP contribution in [-0.2, 0) is 4.79 Å². The van der Waals surface area contributed by atoms with E-state index in [1.165, 1.54) is 31.2 Å². The smallest absolute Gasteiger partial charge is 0.250 e. The average Bonchev–Trinajstić information content (AvgIpc) is 2.67. The van der Waals surface area contributed by atoms with Gasteiger partial charge in [-0.2, -0.15) is 5.10 Å². The third-order valence-electron chi connectivity index (χ3n) is 4.10. The summed E-state index contributed by atoms with van der Waals surface area (Å²) in [5.74, 6) is 0.419. The Morgan fingerprint density at radius 3 is 2.86 bits per heavy atom. The molecule has 0 atom stereocenters. The van der Waals surface area contributed by atoms with Crippen LogP contribution in [0.25, 0.3) is 10.9 Å². The molecule has 1 heterocycles. The predicted molar refractivity (Wildman–Crippen MR) is 112 cm³/mol. The topological polar surface area (TPSA) is 83.8 Å². The number of fused-ring (bicyclic) bond motifs is 1. The number of para-hydroxylation sites is 1. The van der Waals surface area contributed by atoms with E-state index in [-0.39, 0.29) is 17.4 Å². The zero-order valence-electron chi connectivity index (χ0n) is 15.9.